The Morgan fingerprint density at radius 2 is 1.77 bits per heavy atom. The number of furan rings is 1. The lowest BCUT2D eigenvalue weighted by Gasteiger charge is -2.13. The fourth-order valence-corrected chi connectivity index (χ4v) is 4.98. The van der Waals surface area contributed by atoms with E-state index in [0.29, 0.717) is 44.9 Å². The van der Waals surface area contributed by atoms with E-state index in [9.17, 15) is 14.9 Å². The van der Waals surface area contributed by atoms with E-state index in [-0.39, 0.29) is 28.9 Å². The second kappa shape index (κ2) is 11.9. The molecule has 0 fully saturated rings. The van der Waals surface area contributed by atoms with Gasteiger partial charge in [0.25, 0.3) is 11.2 Å². The van der Waals surface area contributed by atoms with Gasteiger partial charge in [-0.2, -0.15) is 9.78 Å². The molecule has 0 saturated heterocycles. The van der Waals surface area contributed by atoms with Gasteiger partial charge >= 0.3 is 0 Å². The maximum absolute atomic E-state index is 13.6. The topological polar surface area (TPSA) is 131 Å². The number of ether oxygens (including phenoxy) is 3. The number of nitro groups is 1. The molecule has 2 heterocycles. The zero-order chi connectivity index (χ0) is 30.8. The maximum Gasteiger partial charge on any atom is 0.282 e. The summed E-state index contributed by atoms with van der Waals surface area (Å²) in [5.41, 5.74) is 1.70. The zero-order valence-electron chi connectivity index (χ0n) is 23.4. The van der Waals surface area contributed by atoms with Crippen LogP contribution in [0.3, 0.4) is 0 Å². The highest BCUT2D eigenvalue weighted by atomic mass is 35.5. The van der Waals surface area contributed by atoms with Crippen molar-refractivity contribution in [2.24, 2.45) is 5.10 Å². The first-order valence-electron chi connectivity index (χ1n) is 13.2. The average molecular weight is 611 g/mol. The summed E-state index contributed by atoms with van der Waals surface area (Å²) < 4.78 is 24.1. The van der Waals surface area contributed by atoms with E-state index >= 15 is 0 Å². The molecule has 0 spiro atoms. The summed E-state index contributed by atoms with van der Waals surface area (Å²) in [5.74, 6) is 1.69. The van der Waals surface area contributed by atoms with Crippen molar-refractivity contribution >= 4 is 45.4 Å². The van der Waals surface area contributed by atoms with Crippen LogP contribution in [0.25, 0.3) is 33.5 Å². The number of methoxy groups -OCH3 is 2. The quantitative estimate of drug-likeness (QED) is 0.0986. The molecule has 0 amide bonds. The molecule has 6 aromatic rings. The SMILES string of the molecule is COc1cc(C=Nn2c(-c3cc4c(OC)cccc4o3)nc3ccccc3c2=O)cc(Cl)c1OCc1cccc([N+](=O)[O-])c1. The third-order valence-electron chi connectivity index (χ3n) is 6.79. The van der Waals surface area contributed by atoms with Crippen LogP contribution in [0.1, 0.15) is 11.1 Å². The Morgan fingerprint density at radius 1 is 0.977 bits per heavy atom. The molecule has 220 valence electrons. The lowest BCUT2D eigenvalue weighted by molar-refractivity contribution is -0.384. The number of benzene rings is 4. The summed E-state index contributed by atoms with van der Waals surface area (Å²) in [6.07, 6.45) is 1.45. The number of hydrogen-bond donors (Lipinski definition) is 0. The smallest absolute Gasteiger partial charge is 0.282 e. The largest absolute Gasteiger partial charge is 0.496 e. The van der Waals surface area contributed by atoms with Crippen LogP contribution in [-0.4, -0.2) is 35.0 Å². The summed E-state index contributed by atoms with van der Waals surface area (Å²) in [6, 6.07) is 23.5. The molecule has 0 aliphatic rings. The number of hydrogen-bond acceptors (Lipinski definition) is 9. The highest BCUT2D eigenvalue weighted by Gasteiger charge is 2.18. The third kappa shape index (κ3) is 5.43. The van der Waals surface area contributed by atoms with Gasteiger partial charge < -0.3 is 18.6 Å². The number of para-hydroxylation sites is 1. The first kappa shape index (κ1) is 28.4. The normalized spacial score (nSPS) is 11.3. The van der Waals surface area contributed by atoms with Crippen molar-refractivity contribution in [1.82, 2.24) is 9.66 Å². The number of halogens is 1. The molecular formula is C32H23ClN4O7. The van der Waals surface area contributed by atoms with E-state index in [1.165, 1.54) is 30.1 Å². The third-order valence-corrected chi connectivity index (χ3v) is 7.07. The highest BCUT2D eigenvalue weighted by Crippen LogP contribution is 2.37. The number of nitrogens with zero attached hydrogens (tertiary/aromatic N) is 4. The minimum absolute atomic E-state index is 0.0228. The molecule has 0 radical (unpaired) electrons. The molecular weight excluding hydrogens is 588 g/mol. The van der Waals surface area contributed by atoms with Gasteiger partial charge in [-0.05, 0) is 53.6 Å². The maximum atomic E-state index is 13.6. The molecule has 11 nitrogen and oxygen atoms in total. The number of fused-ring (bicyclic) bond motifs is 2. The Hall–Kier alpha value is -5.68. The summed E-state index contributed by atoms with van der Waals surface area (Å²) >= 11 is 6.57. The summed E-state index contributed by atoms with van der Waals surface area (Å²) in [6.45, 7) is 0.0228. The van der Waals surface area contributed by atoms with Crippen LogP contribution >= 0.6 is 11.6 Å². The molecule has 2 aromatic heterocycles. The second-order valence-electron chi connectivity index (χ2n) is 9.55. The van der Waals surface area contributed by atoms with Crippen LogP contribution in [-0.2, 0) is 6.61 Å². The number of aromatic nitrogens is 2. The lowest BCUT2D eigenvalue weighted by atomic mass is 10.2. The van der Waals surface area contributed by atoms with Gasteiger partial charge in [0, 0.05) is 12.1 Å². The van der Waals surface area contributed by atoms with Gasteiger partial charge in [-0.15, -0.1) is 0 Å². The monoisotopic (exact) mass is 610 g/mol. The van der Waals surface area contributed by atoms with Crippen LogP contribution in [0.5, 0.6) is 17.2 Å². The first-order chi connectivity index (χ1) is 21.4. The molecule has 0 bridgehead atoms. The first-order valence-corrected chi connectivity index (χ1v) is 13.6. The summed E-state index contributed by atoms with van der Waals surface area (Å²) in [7, 11) is 3.03. The van der Waals surface area contributed by atoms with Gasteiger partial charge in [0.1, 0.15) is 17.9 Å². The number of non-ortho nitro benzene ring substituents is 1. The Labute approximate surface area is 254 Å². The minimum Gasteiger partial charge on any atom is -0.496 e. The van der Waals surface area contributed by atoms with Gasteiger partial charge in [0.2, 0.25) is 5.82 Å². The van der Waals surface area contributed by atoms with Crippen LogP contribution < -0.4 is 19.8 Å². The molecule has 0 N–H and O–H groups in total. The molecule has 0 unspecified atom stereocenters. The van der Waals surface area contributed by atoms with E-state index in [1.54, 1.807) is 67.8 Å². The van der Waals surface area contributed by atoms with Gasteiger partial charge in [0.15, 0.2) is 17.3 Å². The number of nitro benzene ring substituents is 1. The van der Waals surface area contributed by atoms with Crippen LogP contribution in [0, 0.1) is 10.1 Å². The van der Waals surface area contributed by atoms with Gasteiger partial charge in [-0.3, -0.25) is 14.9 Å². The molecule has 0 aliphatic carbocycles. The standard InChI is InChI=1S/C32H23ClN4O7/c1-41-26-11-6-12-27-23(26)16-29(44-27)31-35-25-10-4-3-9-22(25)32(38)36(31)34-17-20-14-24(33)30(28(15-20)42-2)43-18-19-7-5-8-21(13-19)37(39)40/h3-17H,18H2,1-2H3. The Balaban J connectivity index is 1.38. The fourth-order valence-electron chi connectivity index (χ4n) is 4.71. The molecule has 4 aromatic carbocycles. The van der Waals surface area contributed by atoms with Crippen molar-refractivity contribution in [3.63, 3.8) is 0 Å². The van der Waals surface area contributed by atoms with E-state index in [0.717, 1.165) is 5.39 Å². The van der Waals surface area contributed by atoms with E-state index in [2.05, 4.69) is 5.10 Å². The van der Waals surface area contributed by atoms with E-state index in [1.807, 2.05) is 12.1 Å². The molecule has 0 atom stereocenters. The van der Waals surface area contributed by atoms with Crippen molar-refractivity contribution in [1.29, 1.82) is 0 Å². The second-order valence-corrected chi connectivity index (χ2v) is 9.95. The van der Waals surface area contributed by atoms with E-state index < -0.39 is 10.5 Å². The Morgan fingerprint density at radius 3 is 2.57 bits per heavy atom. The average Bonchev–Trinajstić information content (AvgIpc) is 3.48. The predicted molar refractivity (Wildman–Crippen MR) is 166 cm³/mol. The Bertz CT molecular complexity index is 2140. The van der Waals surface area contributed by atoms with Crippen molar-refractivity contribution in [2.45, 2.75) is 6.61 Å². The highest BCUT2D eigenvalue weighted by molar-refractivity contribution is 6.32. The van der Waals surface area contributed by atoms with Crippen LogP contribution in [0.2, 0.25) is 5.02 Å². The zero-order valence-corrected chi connectivity index (χ0v) is 24.1. The van der Waals surface area contributed by atoms with Crippen molar-refractivity contribution in [3.05, 3.63) is 122 Å². The van der Waals surface area contributed by atoms with E-state index in [4.69, 9.17) is 35.2 Å². The van der Waals surface area contributed by atoms with Gasteiger partial charge in [0.05, 0.1) is 46.7 Å². The minimum atomic E-state index is -0.474. The van der Waals surface area contributed by atoms with Gasteiger partial charge in [-0.1, -0.05) is 41.9 Å². The summed E-state index contributed by atoms with van der Waals surface area (Å²) in [5, 5.41) is 16.9. The van der Waals surface area contributed by atoms with Crippen molar-refractivity contribution < 1.29 is 23.6 Å². The molecule has 12 heteroatoms. The fraction of sp³-hybridized carbons (Fsp3) is 0.0938. The van der Waals surface area contributed by atoms with Crippen molar-refractivity contribution in [2.75, 3.05) is 14.2 Å². The molecule has 0 saturated carbocycles. The molecule has 0 aliphatic heterocycles. The van der Waals surface area contributed by atoms with Crippen LogP contribution in [0.15, 0.2) is 99.2 Å². The predicted octanol–water partition coefficient (Wildman–Crippen LogP) is 6.85. The lowest BCUT2D eigenvalue weighted by Crippen LogP contribution is -2.20. The van der Waals surface area contributed by atoms with Crippen LogP contribution in [0.4, 0.5) is 5.69 Å². The van der Waals surface area contributed by atoms with Gasteiger partial charge in [-0.25, -0.2) is 4.98 Å². The molecule has 44 heavy (non-hydrogen) atoms. The summed E-state index contributed by atoms with van der Waals surface area (Å²) in [4.78, 5) is 29.0. The Kier molecular flexibility index (Phi) is 7.69. The molecule has 6 rings (SSSR count). The van der Waals surface area contributed by atoms with Crippen molar-refractivity contribution in [3.8, 4) is 28.8 Å². The number of rotatable bonds is 9.